The molecule has 0 amide bonds. The Hall–Kier alpha value is -1.30. The van der Waals surface area contributed by atoms with E-state index in [1.165, 1.54) is 33.4 Å². The summed E-state index contributed by atoms with van der Waals surface area (Å²) in [6, 6.07) is 0. The van der Waals surface area contributed by atoms with Crippen LogP contribution >= 0.6 is 0 Å². The van der Waals surface area contributed by atoms with Gasteiger partial charge in [0, 0.05) is 0 Å². The molecule has 0 heteroatoms. The first-order chi connectivity index (χ1) is 8.36. The Morgan fingerprint density at radius 2 is 1.00 bits per heavy atom. The average molecular weight is 242 g/mol. The van der Waals surface area contributed by atoms with Crippen LogP contribution in [0.25, 0.3) is 12.2 Å². The molecule has 0 aliphatic carbocycles. The first-order valence-corrected chi connectivity index (χ1v) is 6.78. The van der Waals surface area contributed by atoms with Crippen LogP contribution in [0.4, 0.5) is 0 Å². The van der Waals surface area contributed by atoms with E-state index in [0.717, 1.165) is 0 Å². The highest BCUT2D eigenvalue weighted by atomic mass is 14.2. The van der Waals surface area contributed by atoms with E-state index >= 15 is 0 Å². The van der Waals surface area contributed by atoms with Crippen molar-refractivity contribution in [1.29, 1.82) is 0 Å². The van der Waals surface area contributed by atoms with Crippen molar-refractivity contribution in [3.8, 4) is 0 Å². The van der Waals surface area contributed by atoms with E-state index in [1.807, 2.05) is 12.2 Å². The minimum absolute atomic E-state index is 0.511. The summed E-state index contributed by atoms with van der Waals surface area (Å²) in [5, 5.41) is 0. The van der Waals surface area contributed by atoms with Crippen LogP contribution in [0.3, 0.4) is 0 Å². The van der Waals surface area contributed by atoms with Gasteiger partial charge in [-0.1, -0.05) is 53.0 Å². The fourth-order valence-electron chi connectivity index (χ4n) is 3.03. The SMILES string of the molecule is C=Cc1c(C=C)c(C(C)C)c(C)c(C)c1C(C)C. The van der Waals surface area contributed by atoms with E-state index < -0.39 is 0 Å². The number of hydrogen-bond acceptors (Lipinski definition) is 0. The molecule has 0 atom stereocenters. The maximum absolute atomic E-state index is 4.01. The topological polar surface area (TPSA) is 0 Å². The molecular weight excluding hydrogens is 216 g/mol. The van der Waals surface area contributed by atoms with Crippen molar-refractivity contribution in [3.05, 3.63) is 46.5 Å². The largest absolute Gasteiger partial charge is 0.0984 e. The summed E-state index contributed by atoms with van der Waals surface area (Å²) in [6.07, 6.45) is 3.98. The second-order valence-corrected chi connectivity index (χ2v) is 5.62. The maximum atomic E-state index is 4.01. The van der Waals surface area contributed by atoms with Gasteiger partial charge in [0.05, 0.1) is 0 Å². The lowest BCUT2D eigenvalue weighted by atomic mass is 9.80. The quantitative estimate of drug-likeness (QED) is 0.622. The van der Waals surface area contributed by atoms with Gasteiger partial charge in [-0.3, -0.25) is 0 Å². The van der Waals surface area contributed by atoms with Crippen molar-refractivity contribution in [2.45, 2.75) is 53.4 Å². The zero-order chi connectivity index (χ0) is 14.0. The van der Waals surface area contributed by atoms with Gasteiger partial charge in [0.25, 0.3) is 0 Å². The van der Waals surface area contributed by atoms with Gasteiger partial charge in [-0.15, -0.1) is 0 Å². The van der Waals surface area contributed by atoms with Crippen LogP contribution in [-0.4, -0.2) is 0 Å². The van der Waals surface area contributed by atoms with Gasteiger partial charge >= 0.3 is 0 Å². The van der Waals surface area contributed by atoms with E-state index in [2.05, 4.69) is 54.7 Å². The van der Waals surface area contributed by atoms with E-state index in [4.69, 9.17) is 0 Å². The molecule has 0 spiro atoms. The summed E-state index contributed by atoms with van der Waals surface area (Å²) in [4.78, 5) is 0. The molecule has 0 bridgehead atoms. The summed E-state index contributed by atoms with van der Waals surface area (Å²) in [5.74, 6) is 1.02. The molecule has 1 aromatic rings. The molecule has 1 rings (SSSR count). The molecule has 0 heterocycles. The molecule has 18 heavy (non-hydrogen) atoms. The lowest BCUT2D eigenvalue weighted by molar-refractivity contribution is 0.820. The Labute approximate surface area is 112 Å². The Balaban J connectivity index is 3.86. The summed E-state index contributed by atoms with van der Waals surface area (Å²) in [6.45, 7) is 21.5. The fourth-order valence-corrected chi connectivity index (χ4v) is 3.03. The molecule has 0 aliphatic heterocycles. The minimum Gasteiger partial charge on any atom is -0.0984 e. The molecule has 98 valence electrons. The van der Waals surface area contributed by atoms with Crippen molar-refractivity contribution in [1.82, 2.24) is 0 Å². The second kappa shape index (κ2) is 5.56. The van der Waals surface area contributed by atoms with Crippen LogP contribution in [-0.2, 0) is 0 Å². The third kappa shape index (κ3) is 2.29. The van der Waals surface area contributed by atoms with Gasteiger partial charge in [0.2, 0.25) is 0 Å². The van der Waals surface area contributed by atoms with Crippen LogP contribution in [0, 0.1) is 13.8 Å². The van der Waals surface area contributed by atoms with Crippen LogP contribution in [0.2, 0.25) is 0 Å². The molecule has 0 radical (unpaired) electrons. The summed E-state index contributed by atoms with van der Waals surface area (Å²) in [5.41, 5.74) is 8.20. The second-order valence-electron chi connectivity index (χ2n) is 5.62. The molecule has 0 aliphatic rings. The van der Waals surface area contributed by atoms with Gasteiger partial charge in [-0.25, -0.2) is 0 Å². The predicted octanol–water partition coefficient (Wildman–Crippen LogP) is 5.84. The van der Waals surface area contributed by atoms with Crippen LogP contribution in [0.15, 0.2) is 13.2 Å². The van der Waals surface area contributed by atoms with Gasteiger partial charge in [0.15, 0.2) is 0 Å². The highest BCUT2D eigenvalue weighted by Crippen LogP contribution is 2.36. The van der Waals surface area contributed by atoms with E-state index in [0.29, 0.717) is 11.8 Å². The summed E-state index contributed by atoms with van der Waals surface area (Å²) in [7, 11) is 0. The van der Waals surface area contributed by atoms with Crippen molar-refractivity contribution < 1.29 is 0 Å². The van der Waals surface area contributed by atoms with Gasteiger partial charge in [-0.05, 0) is 59.1 Å². The highest BCUT2D eigenvalue weighted by Gasteiger charge is 2.19. The molecule has 0 fully saturated rings. The third-order valence-corrected chi connectivity index (χ3v) is 3.80. The van der Waals surface area contributed by atoms with Gasteiger partial charge in [-0.2, -0.15) is 0 Å². The highest BCUT2D eigenvalue weighted by molar-refractivity contribution is 5.73. The molecule has 0 nitrogen and oxygen atoms in total. The first-order valence-electron chi connectivity index (χ1n) is 6.78. The van der Waals surface area contributed by atoms with Crippen LogP contribution < -0.4 is 0 Å². The van der Waals surface area contributed by atoms with Gasteiger partial charge < -0.3 is 0 Å². The standard InChI is InChI=1S/C18H26/c1-9-15-16(10-2)18(12(5)6)14(8)13(7)17(15)11(3)4/h9-12H,1-2H2,3-8H3. The average Bonchev–Trinajstić information content (AvgIpc) is 2.30. The number of benzene rings is 1. The summed E-state index contributed by atoms with van der Waals surface area (Å²) < 4.78 is 0. The molecule has 0 saturated carbocycles. The van der Waals surface area contributed by atoms with Crippen molar-refractivity contribution in [2.75, 3.05) is 0 Å². The predicted molar refractivity (Wildman–Crippen MR) is 84.3 cm³/mol. The number of hydrogen-bond donors (Lipinski definition) is 0. The minimum atomic E-state index is 0.511. The Bertz CT molecular complexity index is 429. The Morgan fingerprint density at radius 1 is 0.722 bits per heavy atom. The normalized spacial score (nSPS) is 11.1. The van der Waals surface area contributed by atoms with Crippen molar-refractivity contribution in [3.63, 3.8) is 0 Å². The zero-order valence-electron chi connectivity index (χ0n) is 12.7. The van der Waals surface area contributed by atoms with Crippen molar-refractivity contribution in [2.24, 2.45) is 0 Å². The van der Waals surface area contributed by atoms with E-state index in [9.17, 15) is 0 Å². The van der Waals surface area contributed by atoms with Crippen LogP contribution in [0.1, 0.15) is 72.9 Å². The van der Waals surface area contributed by atoms with E-state index in [1.54, 1.807) is 0 Å². The lowest BCUT2D eigenvalue weighted by Crippen LogP contribution is -2.07. The molecule has 0 unspecified atom stereocenters. The monoisotopic (exact) mass is 242 g/mol. The first kappa shape index (κ1) is 14.8. The molecule has 1 aromatic carbocycles. The Kier molecular flexibility index (Phi) is 4.56. The maximum Gasteiger partial charge on any atom is -0.0150 e. The fraction of sp³-hybridized carbons (Fsp3) is 0.444. The smallest absolute Gasteiger partial charge is 0.0150 e. The lowest BCUT2D eigenvalue weighted by Gasteiger charge is -2.25. The number of rotatable bonds is 4. The van der Waals surface area contributed by atoms with Gasteiger partial charge in [0.1, 0.15) is 0 Å². The van der Waals surface area contributed by atoms with Crippen LogP contribution in [0.5, 0.6) is 0 Å². The Morgan fingerprint density at radius 3 is 1.17 bits per heavy atom. The summed E-state index contributed by atoms with van der Waals surface area (Å²) >= 11 is 0. The zero-order valence-corrected chi connectivity index (χ0v) is 12.7. The molecule has 0 N–H and O–H groups in total. The molecule has 0 saturated heterocycles. The third-order valence-electron chi connectivity index (χ3n) is 3.80. The molecule has 0 aromatic heterocycles. The molecular formula is C18H26. The van der Waals surface area contributed by atoms with E-state index in [-0.39, 0.29) is 0 Å². The van der Waals surface area contributed by atoms with Crippen molar-refractivity contribution >= 4 is 12.2 Å².